The molecule has 1 aromatic heterocycles. The quantitative estimate of drug-likeness (QED) is 0.357. The molecule has 10 heteroatoms. The van der Waals surface area contributed by atoms with Gasteiger partial charge in [0.25, 0.3) is 11.2 Å². The predicted octanol–water partition coefficient (Wildman–Crippen LogP) is -0.0686. The fourth-order valence-corrected chi connectivity index (χ4v) is 1.97. The number of nitro groups is 1. The van der Waals surface area contributed by atoms with Crippen molar-refractivity contribution in [3.8, 4) is 0 Å². The SMILES string of the molecule is Cn1c(COC(=O)c2cc([N+](=O)[O-])ccc2N)cc(=O)n(C)c1=O. The lowest BCUT2D eigenvalue weighted by molar-refractivity contribution is -0.384. The summed E-state index contributed by atoms with van der Waals surface area (Å²) in [6, 6.07) is 4.55. The van der Waals surface area contributed by atoms with E-state index in [1.807, 2.05) is 0 Å². The lowest BCUT2D eigenvalue weighted by Gasteiger charge is -2.10. The van der Waals surface area contributed by atoms with Crippen molar-refractivity contribution in [1.82, 2.24) is 9.13 Å². The van der Waals surface area contributed by atoms with E-state index >= 15 is 0 Å². The maximum Gasteiger partial charge on any atom is 0.340 e. The van der Waals surface area contributed by atoms with E-state index in [-0.39, 0.29) is 29.2 Å². The van der Waals surface area contributed by atoms with Crippen LogP contribution in [0.4, 0.5) is 11.4 Å². The van der Waals surface area contributed by atoms with Crippen LogP contribution in [0, 0.1) is 10.1 Å². The molecule has 0 amide bonds. The molecular formula is C14H14N4O6. The molecule has 0 atom stereocenters. The molecule has 24 heavy (non-hydrogen) atoms. The van der Waals surface area contributed by atoms with Crippen molar-refractivity contribution < 1.29 is 14.5 Å². The van der Waals surface area contributed by atoms with Crippen LogP contribution in [-0.2, 0) is 25.4 Å². The summed E-state index contributed by atoms with van der Waals surface area (Å²) in [5.41, 5.74) is 4.24. The van der Waals surface area contributed by atoms with Crippen molar-refractivity contribution in [2.75, 3.05) is 5.73 Å². The molecule has 0 aliphatic rings. The van der Waals surface area contributed by atoms with E-state index in [1.54, 1.807) is 0 Å². The fourth-order valence-electron chi connectivity index (χ4n) is 1.97. The smallest absolute Gasteiger partial charge is 0.340 e. The number of rotatable bonds is 4. The van der Waals surface area contributed by atoms with Crippen LogP contribution in [0.15, 0.2) is 33.9 Å². The Balaban J connectivity index is 2.26. The van der Waals surface area contributed by atoms with Gasteiger partial charge in [-0.2, -0.15) is 0 Å². The lowest BCUT2D eigenvalue weighted by Crippen LogP contribution is -2.38. The average Bonchev–Trinajstić information content (AvgIpc) is 2.54. The molecule has 1 aromatic carbocycles. The first-order valence-electron chi connectivity index (χ1n) is 6.69. The Morgan fingerprint density at radius 3 is 2.54 bits per heavy atom. The molecule has 0 saturated heterocycles. The third-order valence-electron chi connectivity index (χ3n) is 3.44. The molecule has 0 aliphatic carbocycles. The molecule has 0 fully saturated rings. The second-order valence-electron chi connectivity index (χ2n) is 4.98. The number of esters is 1. The predicted molar refractivity (Wildman–Crippen MR) is 83.6 cm³/mol. The summed E-state index contributed by atoms with van der Waals surface area (Å²) in [4.78, 5) is 45.6. The zero-order valence-corrected chi connectivity index (χ0v) is 12.9. The molecule has 0 spiro atoms. The van der Waals surface area contributed by atoms with Crippen LogP contribution in [0.3, 0.4) is 0 Å². The Kier molecular flexibility index (Phi) is 4.49. The van der Waals surface area contributed by atoms with Crippen LogP contribution in [-0.4, -0.2) is 20.0 Å². The van der Waals surface area contributed by atoms with Crippen LogP contribution in [0.5, 0.6) is 0 Å². The number of benzene rings is 1. The third kappa shape index (κ3) is 3.16. The lowest BCUT2D eigenvalue weighted by atomic mass is 10.1. The zero-order chi connectivity index (χ0) is 18.0. The molecule has 126 valence electrons. The standard InChI is InChI=1S/C14H14N4O6/c1-16-9(6-12(19)17(2)14(16)21)7-24-13(20)10-5-8(18(22)23)3-4-11(10)15/h3-6H,7,15H2,1-2H3. The monoisotopic (exact) mass is 334 g/mol. The minimum atomic E-state index is -0.899. The van der Waals surface area contributed by atoms with Crippen LogP contribution < -0.4 is 17.0 Å². The van der Waals surface area contributed by atoms with Crippen molar-refractivity contribution in [2.45, 2.75) is 6.61 Å². The number of anilines is 1. The largest absolute Gasteiger partial charge is 0.456 e. The first kappa shape index (κ1) is 16.9. The van der Waals surface area contributed by atoms with Gasteiger partial charge in [-0.05, 0) is 6.07 Å². The summed E-state index contributed by atoms with van der Waals surface area (Å²) >= 11 is 0. The van der Waals surface area contributed by atoms with E-state index in [1.165, 1.54) is 20.2 Å². The van der Waals surface area contributed by atoms with Gasteiger partial charge in [-0.25, -0.2) is 9.59 Å². The number of hydrogen-bond acceptors (Lipinski definition) is 7. The van der Waals surface area contributed by atoms with Gasteiger partial charge in [-0.1, -0.05) is 0 Å². The van der Waals surface area contributed by atoms with Crippen LogP contribution >= 0.6 is 0 Å². The summed E-state index contributed by atoms with van der Waals surface area (Å²) in [7, 11) is 2.75. The number of nitro benzene ring substituents is 1. The van der Waals surface area contributed by atoms with Crippen molar-refractivity contribution in [3.63, 3.8) is 0 Å². The molecule has 2 aromatic rings. The van der Waals surface area contributed by atoms with Crippen molar-refractivity contribution in [2.24, 2.45) is 14.1 Å². The summed E-state index contributed by atoms with van der Waals surface area (Å²) in [5, 5.41) is 10.8. The molecule has 1 heterocycles. The highest BCUT2D eigenvalue weighted by Crippen LogP contribution is 2.20. The number of nitrogens with two attached hydrogens (primary N) is 1. The van der Waals surface area contributed by atoms with E-state index in [4.69, 9.17) is 10.5 Å². The zero-order valence-electron chi connectivity index (χ0n) is 12.9. The van der Waals surface area contributed by atoms with E-state index in [0.717, 1.165) is 27.3 Å². The Bertz CT molecular complexity index is 943. The van der Waals surface area contributed by atoms with E-state index in [9.17, 15) is 24.5 Å². The van der Waals surface area contributed by atoms with Crippen LogP contribution in [0.25, 0.3) is 0 Å². The third-order valence-corrected chi connectivity index (χ3v) is 3.44. The van der Waals surface area contributed by atoms with E-state index in [0.29, 0.717) is 0 Å². The van der Waals surface area contributed by atoms with Gasteiger partial charge in [0.1, 0.15) is 6.61 Å². The molecule has 10 nitrogen and oxygen atoms in total. The first-order chi connectivity index (χ1) is 11.2. The normalized spacial score (nSPS) is 10.4. The molecule has 2 rings (SSSR count). The first-order valence-corrected chi connectivity index (χ1v) is 6.69. The molecular weight excluding hydrogens is 320 g/mol. The number of nitrogens with zero attached hydrogens (tertiary/aromatic N) is 3. The number of non-ortho nitro benzene ring substituents is 1. The van der Waals surface area contributed by atoms with Gasteiger partial charge >= 0.3 is 11.7 Å². The summed E-state index contributed by atoms with van der Waals surface area (Å²) < 4.78 is 7.08. The number of carbonyl (C=O) groups excluding carboxylic acids is 1. The van der Waals surface area contributed by atoms with Gasteiger partial charge in [0.2, 0.25) is 0 Å². The summed E-state index contributed by atoms with van der Waals surface area (Å²) in [6.07, 6.45) is 0. The molecule has 0 bridgehead atoms. The minimum Gasteiger partial charge on any atom is -0.456 e. The number of aromatic nitrogens is 2. The van der Waals surface area contributed by atoms with Gasteiger partial charge in [0.15, 0.2) is 0 Å². The van der Waals surface area contributed by atoms with Gasteiger partial charge in [0.05, 0.1) is 16.2 Å². The second-order valence-corrected chi connectivity index (χ2v) is 4.98. The average molecular weight is 334 g/mol. The van der Waals surface area contributed by atoms with Crippen molar-refractivity contribution >= 4 is 17.3 Å². The Labute approximate surface area is 134 Å². The molecule has 0 aliphatic heterocycles. The Morgan fingerprint density at radius 1 is 1.25 bits per heavy atom. The van der Waals surface area contributed by atoms with Crippen LogP contribution in [0.2, 0.25) is 0 Å². The topological polar surface area (TPSA) is 139 Å². The molecule has 0 unspecified atom stereocenters. The highest BCUT2D eigenvalue weighted by atomic mass is 16.6. The van der Waals surface area contributed by atoms with E-state index < -0.39 is 22.1 Å². The molecule has 2 N–H and O–H groups in total. The van der Waals surface area contributed by atoms with Gasteiger partial charge < -0.3 is 10.5 Å². The number of ether oxygens (including phenoxy) is 1. The highest BCUT2D eigenvalue weighted by Gasteiger charge is 2.17. The highest BCUT2D eigenvalue weighted by molar-refractivity contribution is 5.95. The maximum absolute atomic E-state index is 12.1. The number of hydrogen-bond donors (Lipinski definition) is 1. The fraction of sp³-hybridized carbons (Fsp3) is 0.214. The van der Waals surface area contributed by atoms with Gasteiger partial charge in [0, 0.05) is 38.0 Å². The van der Waals surface area contributed by atoms with E-state index in [2.05, 4.69) is 0 Å². The second kappa shape index (κ2) is 6.36. The maximum atomic E-state index is 12.1. The summed E-state index contributed by atoms with van der Waals surface area (Å²) in [5.74, 6) is -0.899. The Hall–Kier alpha value is -3.43. The van der Waals surface area contributed by atoms with Crippen molar-refractivity contribution in [3.05, 3.63) is 66.5 Å². The number of nitrogen functional groups attached to an aromatic ring is 1. The molecule has 0 saturated carbocycles. The van der Waals surface area contributed by atoms with Crippen LogP contribution in [0.1, 0.15) is 16.1 Å². The Morgan fingerprint density at radius 2 is 1.92 bits per heavy atom. The molecule has 0 radical (unpaired) electrons. The minimum absolute atomic E-state index is 0.0171. The number of carbonyl (C=O) groups is 1. The van der Waals surface area contributed by atoms with Gasteiger partial charge in [-0.15, -0.1) is 0 Å². The van der Waals surface area contributed by atoms with Crippen molar-refractivity contribution in [1.29, 1.82) is 0 Å². The van der Waals surface area contributed by atoms with Gasteiger partial charge in [-0.3, -0.25) is 24.0 Å². The summed E-state index contributed by atoms with van der Waals surface area (Å²) in [6.45, 7) is -0.358.